The first-order valence-corrected chi connectivity index (χ1v) is 6.21. The average Bonchev–Trinajstić information content (AvgIpc) is 2.67. The van der Waals surface area contributed by atoms with Gasteiger partial charge >= 0.3 is 11.7 Å². The molecule has 0 spiro atoms. The molecule has 0 aromatic carbocycles. The Labute approximate surface area is 106 Å². The minimum Gasteiger partial charge on any atom is -0.480 e. The highest BCUT2D eigenvalue weighted by Gasteiger charge is 2.23. The zero-order valence-electron chi connectivity index (χ0n) is 9.82. The zero-order valence-corrected chi connectivity index (χ0v) is 10.6. The van der Waals surface area contributed by atoms with Crippen molar-refractivity contribution in [2.45, 2.75) is 24.1 Å². The van der Waals surface area contributed by atoms with Gasteiger partial charge in [-0.2, -0.15) is 14.7 Å². The van der Waals surface area contributed by atoms with Crippen molar-refractivity contribution in [3.63, 3.8) is 0 Å². The van der Waals surface area contributed by atoms with E-state index in [0.717, 1.165) is 16.3 Å². The first kappa shape index (κ1) is 12.6. The number of rotatable bonds is 4. The van der Waals surface area contributed by atoms with Crippen LogP contribution in [0.15, 0.2) is 22.0 Å². The fraction of sp³-hybridized carbons (Fsp3) is 0.400. The molecule has 1 atom stereocenters. The van der Waals surface area contributed by atoms with Crippen LogP contribution in [0.25, 0.3) is 5.65 Å². The molecular formula is C10H12N4O3S. The Morgan fingerprint density at radius 2 is 2.22 bits per heavy atom. The van der Waals surface area contributed by atoms with Crippen LogP contribution >= 0.6 is 11.8 Å². The van der Waals surface area contributed by atoms with E-state index in [1.165, 1.54) is 0 Å². The minimum absolute atomic E-state index is 0.0360. The van der Waals surface area contributed by atoms with Gasteiger partial charge in [0.1, 0.15) is 10.3 Å². The second-order valence-electron chi connectivity index (χ2n) is 4.09. The van der Waals surface area contributed by atoms with Crippen molar-refractivity contribution in [2.75, 3.05) is 0 Å². The molecule has 1 unspecified atom stereocenters. The molecule has 0 aliphatic rings. The highest BCUT2D eigenvalue weighted by molar-refractivity contribution is 8.00. The van der Waals surface area contributed by atoms with Crippen LogP contribution in [0.2, 0.25) is 0 Å². The van der Waals surface area contributed by atoms with Crippen molar-refractivity contribution in [3.8, 4) is 0 Å². The van der Waals surface area contributed by atoms with Gasteiger partial charge in [0.05, 0.1) is 0 Å². The fourth-order valence-electron chi connectivity index (χ4n) is 1.45. The standard InChI is InChI=1S/C10H12N4O3S/c1-5(2)8(9(15)16)18-7-4-3-6-11-12-10(17)14(6)13-7/h3-5,8H,1-2H3,(H,12,17)(H,15,16). The van der Waals surface area contributed by atoms with E-state index in [0.29, 0.717) is 10.7 Å². The first-order chi connectivity index (χ1) is 8.49. The molecule has 0 saturated carbocycles. The Hall–Kier alpha value is -1.83. The molecule has 0 aliphatic heterocycles. The number of carbonyl (C=O) groups is 1. The number of aromatic nitrogens is 4. The molecule has 0 saturated heterocycles. The highest BCUT2D eigenvalue weighted by atomic mass is 32.2. The molecule has 0 amide bonds. The summed E-state index contributed by atoms with van der Waals surface area (Å²) in [4.78, 5) is 22.4. The van der Waals surface area contributed by atoms with E-state index in [-0.39, 0.29) is 5.92 Å². The van der Waals surface area contributed by atoms with Crippen LogP contribution in [0.1, 0.15) is 13.8 Å². The number of aliphatic carboxylic acids is 1. The third kappa shape index (κ3) is 2.37. The maximum Gasteiger partial charge on any atom is 0.364 e. The number of aromatic amines is 1. The monoisotopic (exact) mass is 268 g/mol. The molecule has 96 valence electrons. The predicted molar refractivity (Wildman–Crippen MR) is 65.7 cm³/mol. The van der Waals surface area contributed by atoms with E-state index in [9.17, 15) is 9.59 Å². The van der Waals surface area contributed by atoms with Crippen molar-refractivity contribution in [3.05, 3.63) is 22.6 Å². The second-order valence-corrected chi connectivity index (χ2v) is 5.25. The number of carboxylic acids is 1. The van der Waals surface area contributed by atoms with Crippen LogP contribution in [-0.2, 0) is 4.79 Å². The van der Waals surface area contributed by atoms with Gasteiger partial charge in [-0.1, -0.05) is 25.6 Å². The second kappa shape index (κ2) is 4.81. The van der Waals surface area contributed by atoms with Crippen LogP contribution < -0.4 is 5.69 Å². The van der Waals surface area contributed by atoms with Crippen LogP contribution in [-0.4, -0.2) is 36.1 Å². The lowest BCUT2D eigenvalue weighted by molar-refractivity contribution is -0.137. The number of nitrogens with one attached hydrogen (secondary N) is 1. The topological polar surface area (TPSA) is 100 Å². The highest BCUT2D eigenvalue weighted by Crippen LogP contribution is 2.26. The van der Waals surface area contributed by atoms with Gasteiger partial charge in [-0.15, -0.1) is 0 Å². The molecule has 2 aromatic rings. The zero-order chi connectivity index (χ0) is 13.3. The summed E-state index contributed by atoms with van der Waals surface area (Å²) in [6.07, 6.45) is 0. The summed E-state index contributed by atoms with van der Waals surface area (Å²) in [5.74, 6) is -0.928. The van der Waals surface area contributed by atoms with Gasteiger partial charge in [0, 0.05) is 0 Å². The third-order valence-electron chi connectivity index (χ3n) is 2.35. The molecule has 0 aliphatic carbocycles. The predicted octanol–water partition coefficient (Wildman–Crippen LogP) is 0.619. The number of H-pyrrole nitrogens is 1. The van der Waals surface area contributed by atoms with Gasteiger partial charge in [0.15, 0.2) is 5.65 Å². The first-order valence-electron chi connectivity index (χ1n) is 5.33. The number of carboxylic acid groups (broad SMARTS) is 1. The number of thioether (sulfide) groups is 1. The molecule has 2 aromatic heterocycles. The third-order valence-corrected chi connectivity index (χ3v) is 3.80. The number of fused-ring (bicyclic) bond motifs is 1. The molecule has 0 bridgehead atoms. The molecule has 7 nitrogen and oxygen atoms in total. The summed E-state index contributed by atoms with van der Waals surface area (Å²) in [5, 5.41) is 19.0. The summed E-state index contributed by atoms with van der Waals surface area (Å²) in [5.41, 5.74) is -0.0374. The summed E-state index contributed by atoms with van der Waals surface area (Å²) >= 11 is 1.12. The average molecular weight is 268 g/mol. The molecule has 2 N–H and O–H groups in total. The number of hydrogen-bond acceptors (Lipinski definition) is 5. The summed E-state index contributed by atoms with van der Waals surface area (Å²) in [7, 11) is 0. The van der Waals surface area contributed by atoms with E-state index < -0.39 is 16.9 Å². The number of hydrogen-bond donors (Lipinski definition) is 2. The van der Waals surface area contributed by atoms with Gasteiger partial charge in [-0.05, 0) is 18.1 Å². The molecule has 2 rings (SSSR count). The van der Waals surface area contributed by atoms with Crippen LogP contribution in [0.4, 0.5) is 0 Å². The lowest BCUT2D eigenvalue weighted by Gasteiger charge is -2.14. The van der Waals surface area contributed by atoms with Gasteiger partial charge in [0.2, 0.25) is 0 Å². The van der Waals surface area contributed by atoms with Crippen molar-refractivity contribution < 1.29 is 9.90 Å². The Balaban J connectivity index is 2.33. The summed E-state index contributed by atoms with van der Waals surface area (Å²) < 4.78 is 1.11. The van der Waals surface area contributed by atoms with Gasteiger partial charge in [-0.3, -0.25) is 4.79 Å². The van der Waals surface area contributed by atoms with Crippen LogP contribution in [0.5, 0.6) is 0 Å². The quantitative estimate of drug-likeness (QED) is 0.788. The van der Waals surface area contributed by atoms with E-state index in [2.05, 4.69) is 15.3 Å². The van der Waals surface area contributed by atoms with Crippen LogP contribution in [0.3, 0.4) is 0 Å². The van der Waals surface area contributed by atoms with Gasteiger partial charge < -0.3 is 5.11 Å². The number of nitrogens with zero attached hydrogens (tertiary/aromatic N) is 3. The SMILES string of the molecule is CC(C)C(Sc1ccc2n[nH]c(=O)n2n1)C(=O)O. The van der Waals surface area contributed by atoms with E-state index in [1.807, 2.05) is 13.8 Å². The molecule has 0 fully saturated rings. The summed E-state index contributed by atoms with van der Waals surface area (Å²) in [6.45, 7) is 3.66. The molecule has 18 heavy (non-hydrogen) atoms. The van der Waals surface area contributed by atoms with E-state index >= 15 is 0 Å². The molecule has 8 heteroatoms. The van der Waals surface area contributed by atoms with Gasteiger partial charge in [-0.25, -0.2) is 9.89 Å². The molecular weight excluding hydrogens is 256 g/mol. The lowest BCUT2D eigenvalue weighted by Crippen LogP contribution is -2.23. The van der Waals surface area contributed by atoms with Crippen molar-refractivity contribution in [2.24, 2.45) is 5.92 Å². The Morgan fingerprint density at radius 3 is 2.83 bits per heavy atom. The van der Waals surface area contributed by atoms with Gasteiger partial charge in [0.25, 0.3) is 0 Å². The van der Waals surface area contributed by atoms with E-state index in [4.69, 9.17) is 5.11 Å². The molecule has 2 heterocycles. The lowest BCUT2D eigenvalue weighted by atomic mass is 10.1. The fourth-order valence-corrected chi connectivity index (χ4v) is 2.36. The maximum absolute atomic E-state index is 11.3. The van der Waals surface area contributed by atoms with Crippen molar-refractivity contribution in [1.82, 2.24) is 19.8 Å². The Kier molecular flexibility index (Phi) is 3.37. The Bertz CT molecular complexity index is 633. The van der Waals surface area contributed by atoms with Crippen molar-refractivity contribution >= 4 is 23.4 Å². The summed E-state index contributed by atoms with van der Waals surface area (Å²) in [6, 6.07) is 3.27. The smallest absolute Gasteiger partial charge is 0.364 e. The normalized spacial score (nSPS) is 13.1. The van der Waals surface area contributed by atoms with E-state index in [1.54, 1.807) is 12.1 Å². The van der Waals surface area contributed by atoms with Crippen LogP contribution in [0, 0.1) is 5.92 Å². The minimum atomic E-state index is -0.892. The largest absolute Gasteiger partial charge is 0.480 e. The maximum atomic E-state index is 11.3. The Morgan fingerprint density at radius 1 is 1.50 bits per heavy atom. The van der Waals surface area contributed by atoms with Crippen molar-refractivity contribution in [1.29, 1.82) is 0 Å². The molecule has 0 radical (unpaired) electrons.